The molecule has 1 aromatic heterocycles. The van der Waals surface area contributed by atoms with Crippen molar-refractivity contribution in [2.75, 3.05) is 57.9 Å². The quantitative estimate of drug-likeness (QED) is 0.277. The zero-order valence-corrected chi connectivity index (χ0v) is 25.0. The van der Waals surface area contributed by atoms with Crippen LogP contribution in [0.2, 0.25) is 0 Å². The number of nitrogens with zero attached hydrogens (tertiary/aromatic N) is 5. The molecule has 3 aromatic carbocycles. The summed E-state index contributed by atoms with van der Waals surface area (Å²) < 4.78 is 11.0. The van der Waals surface area contributed by atoms with Crippen LogP contribution >= 0.6 is 0 Å². The molecule has 2 fully saturated rings. The van der Waals surface area contributed by atoms with Crippen molar-refractivity contribution in [1.82, 2.24) is 20.0 Å². The number of amides is 2. The van der Waals surface area contributed by atoms with Gasteiger partial charge in [-0.05, 0) is 60.4 Å². The van der Waals surface area contributed by atoms with Gasteiger partial charge in [0, 0.05) is 50.5 Å². The minimum absolute atomic E-state index is 0.0162. The Kier molecular flexibility index (Phi) is 9.12. The number of methoxy groups -OCH3 is 1. The van der Waals surface area contributed by atoms with Crippen LogP contribution in [-0.4, -0.2) is 90.9 Å². The van der Waals surface area contributed by atoms with Crippen molar-refractivity contribution >= 4 is 17.6 Å². The van der Waals surface area contributed by atoms with Crippen molar-refractivity contribution in [3.8, 4) is 28.1 Å². The maximum Gasteiger partial charge on any atom is 0.254 e. The van der Waals surface area contributed by atoms with E-state index in [9.17, 15) is 9.59 Å². The van der Waals surface area contributed by atoms with Crippen molar-refractivity contribution in [3.05, 3.63) is 96.6 Å². The van der Waals surface area contributed by atoms with Gasteiger partial charge >= 0.3 is 0 Å². The molecule has 3 heterocycles. The maximum absolute atomic E-state index is 13.4. The standard InChI is InChI=1S/C35H37N5O4/c1-43-30-15-13-29(14-16-30)35(42)40(24-31-8-5-23-44-31)25-34(41)39-21-19-38(20-22-39)33-18-17-32(36-37-33)28-11-9-27(10-12-28)26-6-3-2-4-7-26/h2-4,6-7,9-18,31H,5,8,19-25H2,1H3/t31-/m1/s1. The van der Waals surface area contributed by atoms with Crippen LogP contribution in [0.15, 0.2) is 91.0 Å². The zero-order chi connectivity index (χ0) is 30.3. The predicted molar refractivity (Wildman–Crippen MR) is 170 cm³/mol. The lowest BCUT2D eigenvalue weighted by molar-refractivity contribution is -0.132. The van der Waals surface area contributed by atoms with Crippen LogP contribution in [0.25, 0.3) is 22.4 Å². The molecule has 4 aromatic rings. The van der Waals surface area contributed by atoms with E-state index in [0.29, 0.717) is 50.6 Å². The van der Waals surface area contributed by atoms with E-state index in [1.54, 1.807) is 36.3 Å². The van der Waals surface area contributed by atoms with E-state index in [1.807, 2.05) is 35.2 Å². The Morgan fingerprint density at radius 3 is 2.18 bits per heavy atom. The largest absolute Gasteiger partial charge is 0.497 e. The van der Waals surface area contributed by atoms with Gasteiger partial charge in [-0.3, -0.25) is 9.59 Å². The molecular weight excluding hydrogens is 554 g/mol. The fourth-order valence-electron chi connectivity index (χ4n) is 5.73. The lowest BCUT2D eigenvalue weighted by atomic mass is 10.0. The molecule has 9 nitrogen and oxygen atoms in total. The maximum atomic E-state index is 13.4. The van der Waals surface area contributed by atoms with Gasteiger partial charge in [-0.25, -0.2) is 0 Å². The van der Waals surface area contributed by atoms with Gasteiger partial charge in [-0.15, -0.1) is 10.2 Å². The molecule has 44 heavy (non-hydrogen) atoms. The Balaban J connectivity index is 1.05. The van der Waals surface area contributed by atoms with Crippen LogP contribution in [0.4, 0.5) is 5.82 Å². The van der Waals surface area contributed by atoms with Crippen molar-refractivity contribution in [2.24, 2.45) is 0 Å². The third kappa shape index (κ3) is 6.89. The highest BCUT2D eigenvalue weighted by atomic mass is 16.5. The highest BCUT2D eigenvalue weighted by Gasteiger charge is 2.29. The second-order valence-electron chi connectivity index (χ2n) is 11.1. The Labute approximate surface area is 258 Å². The van der Waals surface area contributed by atoms with Gasteiger partial charge in [0.15, 0.2) is 5.82 Å². The Hall–Kier alpha value is -4.76. The number of rotatable bonds is 9. The monoisotopic (exact) mass is 591 g/mol. The Morgan fingerprint density at radius 1 is 0.841 bits per heavy atom. The molecule has 1 atom stereocenters. The smallest absolute Gasteiger partial charge is 0.254 e. The number of ether oxygens (including phenoxy) is 2. The topological polar surface area (TPSA) is 88.1 Å². The molecule has 0 aliphatic carbocycles. The van der Waals surface area contributed by atoms with Gasteiger partial charge in [0.2, 0.25) is 5.91 Å². The van der Waals surface area contributed by atoms with E-state index in [4.69, 9.17) is 9.47 Å². The normalized spacial score (nSPS) is 16.5. The fourth-order valence-corrected chi connectivity index (χ4v) is 5.73. The molecule has 0 N–H and O–H groups in total. The van der Waals surface area contributed by atoms with E-state index in [0.717, 1.165) is 35.5 Å². The van der Waals surface area contributed by atoms with E-state index in [-0.39, 0.29) is 24.5 Å². The summed E-state index contributed by atoms with van der Waals surface area (Å²) >= 11 is 0. The summed E-state index contributed by atoms with van der Waals surface area (Å²) in [6.07, 6.45) is 1.80. The molecule has 6 rings (SSSR count). The summed E-state index contributed by atoms with van der Waals surface area (Å²) in [5, 5.41) is 8.99. The number of carbonyl (C=O) groups excluding carboxylic acids is 2. The molecule has 0 spiro atoms. The molecule has 0 unspecified atom stereocenters. The summed E-state index contributed by atoms with van der Waals surface area (Å²) in [5.41, 5.74) is 4.69. The number of anilines is 1. The summed E-state index contributed by atoms with van der Waals surface area (Å²) in [4.78, 5) is 32.4. The van der Waals surface area contributed by atoms with Gasteiger partial charge in [0.1, 0.15) is 12.3 Å². The molecule has 0 saturated carbocycles. The third-order valence-electron chi connectivity index (χ3n) is 8.29. The van der Waals surface area contributed by atoms with Gasteiger partial charge in [0.25, 0.3) is 5.91 Å². The van der Waals surface area contributed by atoms with Crippen molar-refractivity contribution in [3.63, 3.8) is 0 Å². The van der Waals surface area contributed by atoms with Crippen LogP contribution in [0.5, 0.6) is 5.75 Å². The second kappa shape index (κ2) is 13.7. The molecule has 0 radical (unpaired) electrons. The number of benzene rings is 3. The summed E-state index contributed by atoms with van der Waals surface area (Å²) in [7, 11) is 1.59. The third-order valence-corrected chi connectivity index (χ3v) is 8.29. The van der Waals surface area contributed by atoms with E-state index < -0.39 is 0 Å². The van der Waals surface area contributed by atoms with Crippen LogP contribution in [0, 0.1) is 0 Å². The van der Waals surface area contributed by atoms with Crippen molar-refractivity contribution < 1.29 is 19.1 Å². The van der Waals surface area contributed by atoms with Crippen LogP contribution in [0.3, 0.4) is 0 Å². The van der Waals surface area contributed by atoms with Crippen molar-refractivity contribution in [1.29, 1.82) is 0 Å². The molecule has 2 amide bonds. The molecule has 9 heteroatoms. The highest BCUT2D eigenvalue weighted by Crippen LogP contribution is 2.25. The summed E-state index contributed by atoms with van der Waals surface area (Å²) in [6.45, 7) is 3.49. The number of aromatic nitrogens is 2. The van der Waals surface area contributed by atoms with Gasteiger partial charge in [-0.1, -0.05) is 54.6 Å². The van der Waals surface area contributed by atoms with Gasteiger partial charge < -0.3 is 24.2 Å². The molecule has 2 aliphatic heterocycles. The highest BCUT2D eigenvalue weighted by molar-refractivity contribution is 5.96. The molecule has 2 saturated heterocycles. The number of hydrogen-bond acceptors (Lipinski definition) is 7. The summed E-state index contributed by atoms with van der Waals surface area (Å²) in [5.74, 6) is 1.22. The SMILES string of the molecule is COc1ccc(C(=O)N(CC(=O)N2CCN(c3ccc(-c4ccc(-c5ccccc5)cc4)nn3)CC2)C[C@H]2CCCO2)cc1. The Morgan fingerprint density at radius 2 is 1.55 bits per heavy atom. The molecule has 2 aliphatic rings. The first-order chi connectivity index (χ1) is 21.6. The number of hydrogen-bond donors (Lipinski definition) is 0. The van der Waals surface area contributed by atoms with E-state index in [2.05, 4.69) is 51.5 Å². The second-order valence-corrected chi connectivity index (χ2v) is 11.1. The average Bonchev–Trinajstić information content (AvgIpc) is 3.61. The minimum Gasteiger partial charge on any atom is -0.497 e. The first-order valence-corrected chi connectivity index (χ1v) is 15.1. The first-order valence-electron chi connectivity index (χ1n) is 15.1. The van der Waals surface area contributed by atoms with Crippen molar-refractivity contribution in [2.45, 2.75) is 18.9 Å². The lowest BCUT2D eigenvalue weighted by Crippen LogP contribution is -2.52. The fraction of sp³-hybridized carbons (Fsp3) is 0.314. The minimum atomic E-state index is -0.180. The first kappa shape index (κ1) is 29.3. The van der Waals surface area contributed by atoms with Crippen LogP contribution in [-0.2, 0) is 9.53 Å². The van der Waals surface area contributed by atoms with Gasteiger partial charge in [-0.2, -0.15) is 0 Å². The van der Waals surface area contributed by atoms with Crippen LogP contribution < -0.4 is 9.64 Å². The van der Waals surface area contributed by atoms with E-state index in [1.165, 1.54) is 5.56 Å². The van der Waals surface area contributed by atoms with E-state index >= 15 is 0 Å². The molecular formula is C35H37N5O4. The number of piperazine rings is 1. The number of carbonyl (C=O) groups is 2. The lowest BCUT2D eigenvalue weighted by Gasteiger charge is -2.36. The zero-order valence-electron chi connectivity index (χ0n) is 25.0. The average molecular weight is 592 g/mol. The predicted octanol–water partition coefficient (Wildman–Crippen LogP) is 4.79. The summed E-state index contributed by atoms with van der Waals surface area (Å²) in [6, 6.07) is 29.6. The Bertz CT molecular complexity index is 1530. The van der Waals surface area contributed by atoms with Gasteiger partial charge in [0.05, 0.1) is 18.9 Å². The van der Waals surface area contributed by atoms with Crippen LogP contribution in [0.1, 0.15) is 23.2 Å². The molecule has 0 bridgehead atoms. The molecule has 226 valence electrons.